The number of benzene rings is 1. The minimum absolute atomic E-state index is 0.219. The van der Waals surface area contributed by atoms with Gasteiger partial charge in [0.1, 0.15) is 5.75 Å². The molecule has 1 aromatic rings. The van der Waals surface area contributed by atoms with Gasteiger partial charge in [0.15, 0.2) is 11.5 Å². The third-order valence-corrected chi connectivity index (χ3v) is 2.83. The van der Waals surface area contributed by atoms with Crippen molar-refractivity contribution in [2.75, 3.05) is 27.1 Å². The normalized spacial score (nSPS) is 14.8. The largest absolute Gasteiger partial charge is 0.507 e. The van der Waals surface area contributed by atoms with Gasteiger partial charge in [-0.3, -0.25) is 0 Å². The highest BCUT2D eigenvalue weighted by Gasteiger charge is 2.16. The molecular weight excluding hydrogens is 234 g/mol. The van der Waals surface area contributed by atoms with Crippen LogP contribution < -0.4 is 14.8 Å². The van der Waals surface area contributed by atoms with E-state index in [0.29, 0.717) is 24.0 Å². The Balaban J connectivity index is 1.90. The van der Waals surface area contributed by atoms with Crippen molar-refractivity contribution in [1.82, 2.24) is 5.32 Å². The Labute approximate surface area is 107 Å². The van der Waals surface area contributed by atoms with Crippen molar-refractivity contribution in [2.24, 2.45) is 5.92 Å². The summed E-state index contributed by atoms with van der Waals surface area (Å²) in [6.45, 7) is 4.48. The van der Waals surface area contributed by atoms with Crippen molar-refractivity contribution < 1.29 is 19.3 Å². The summed E-state index contributed by atoms with van der Waals surface area (Å²) in [6, 6.07) is 3.41. The highest BCUT2D eigenvalue weighted by atomic mass is 16.7. The van der Waals surface area contributed by atoms with E-state index in [-0.39, 0.29) is 12.5 Å². The standard InChI is InChI=1S/C13H19NO4/c1-9(7-16-2)5-14-6-10-3-12-13(4-11(10)15)18-8-17-12/h3-4,9,14-15H,5-8H2,1-2H3. The molecule has 2 rings (SSSR count). The zero-order chi connectivity index (χ0) is 13.0. The molecule has 0 aliphatic carbocycles. The topological polar surface area (TPSA) is 60.0 Å². The summed E-state index contributed by atoms with van der Waals surface area (Å²) in [5.41, 5.74) is 0.809. The third-order valence-electron chi connectivity index (χ3n) is 2.83. The van der Waals surface area contributed by atoms with Crippen molar-refractivity contribution in [2.45, 2.75) is 13.5 Å². The van der Waals surface area contributed by atoms with Crippen LogP contribution in [0.2, 0.25) is 0 Å². The minimum Gasteiger partial charge on any atom is -0.507 e. The van der Waals surface area contributed by atoms with Crippen LogP contribution in [0, 0.1) is 5.92 Å². The molecule has 0 spiro atoms. The molecule has 0 saturated carbocycles. The minimum atomic E-state index is 0.219. The molecule has 0 saturated heterocycles. The summed E-state index contributed by atoms with van der Waals surface area (Å²) >= 11 is 0. The molecular formula is C13H19NO4. The van der Waals surface area contributed by atoms with Crippen LogP contribution >= 0.6 is 0 Å². The summed E-state index contributed by atoms with van der Waals surface area (Å²) < 4.78 is 15.5. The van der Waals surface area contributed by atoms with Gasteiger partial charge in [-0.15, -0.1) is 0 Å². The Bertz CT molecular complexity index is 408. The number of phenolic OH excluding ortho intramolecular Hbond substituents is 1. The van der Waals surface area contributed by atoms with Crippen LogP contribution in [0.5, 0.6) is 17.2 Å². The number of rotatable bonds is 6. The Kier molecular flexibility index (Phi) is 4.28. The van der Waals surface area contributed by atoms with Gasteiger partial charge in [-0.1, -0.05) is 6.92 Å². The van der Waals surface area contributed by atoms with Gasteiger partial charge < -0.3 is 24.6 Å². The van der Waals surface area contributed by atoms with Crippen molar-refractivity contribution in [1.29, 1.82) is 0 Å². The van der Waals surface area contributed by atoms with E-state index in [1.54, 1.807) is 13.2 Å². The summed E-state index contributed by atoms with van der Waals surface area (Å²) in [4.78, 5) is 0. The molecule has 100 valence electrons. The summed E-state index contributed by atoms with van der Waals surface area (Å²) in [6.07, 6.45) is 0. The first kappa shape index (κ1) is 13.0. The smallest absolute Gasteiger partial charge is 0.231 e. The predicted octanol–water partition coefficient (Wildman–Crippen LogP) is 1.49. The van der Waals surface area contributed by atoms with Crippen LogP contribution in [0.15, 0.2) is 12.1 Å². The number of aromatic hydroxyl groups is 1. The van der Waals surface area contributed by atoms with Gasteiger partial charge in [-0.2, -0.15) is 0 Å². The number of methoxy groups -OCH3 is 1. The SMILES string of the molecule is COCC(C)CNCc1cc2c(cc1O)OCO2. The average Bonchev–Trinajstić information content (AvgIpc) is 2.76. The van der Waals surface area contributed by atoms with E-state index < -0.39 is 0 Å². The fourth-order valence-corrected chi connectivity index (χ4v) is 1.91. The van der Waals surface area contributed by atoms with Crippen LogP contribution in [0.25, 0.3) is 0 Å². The maximum atomic E-state index is 9.84. The molecule has 0 bridgehead atoms. The van der Waals surface area contributed by atoms with Gasteiger partial charge in [0, 0.05) is 38.4 Å². The monoisotopic (exact) mass is 253 g/mol. The summed E-state index contributed by atoms with van der Waals surface area (Å²) in [5, 5.41) is 13.1. The lowest BCUT2D eigenvalue weighted by Crippen LogP contribution is -2.23. The van der Waals surface area contributed by atoms with Crippen molar-refractivity contribution >= 4 is 0 Å². The molecule has 2 N–H and O–H groups in total. The fraction of sp³-hybridized carbons (Fsp3) is 0.538. The Morgan fingerprint density at radius 3 is 2.83 bits per heavy atom. The van der Waals surface area contributed by atoms with Crippen molar-refractivity contribution in [3.05, 3.63) is 17.7 Å². The van der Waals surface area contributed by atoms with E-state index >= 15 is 0 Å². The average molecular weight is 253 g/mol. The molecule has 0 radical (unpaired) electrons. The van der Waals surface area contributed by atoms with Gasteiger partial charge in [0.25, 0.3) is 0 Å². The molecule has 1 aliphatic heterocycles. The molecule has 1 aromatic carbocycles. The lowest BCUT2D eigenvalue weighted by molar-refractivity contribution is 0.158. The van der Waals surface area contributed by atoms with Gasteiger partial charge in [-0.05, 0) is 12.0 Å². The number of hydrogen-bond acceptors (Lipinski definition) is 5. The second-order valence-electron chi connectivity index (χ2n) is 4.53. The number of hydrogen-bond donors (Lipinski definition) is 2. The second kappa shape index (κ2) is 5.93. The maximum absolute atomic E-state index is 9.84. The summed E-state index contributed by atoms with van der Waals surface area (Å²) in [7, 11) is 1.69. The van der Waals surface area contributed by atoms with Crippen LogP contribution in [-0.4, -0.2) is 32.2 Å². The van der Waals surface area contributed by atoms with Crippen LogP contribution in [0.3, 0.4) is 0 Å². The molecule has 18 heavy (non-hydrogen) atoms. The maximum Gasteiger partial charge on any atom is 0.231 e. The number of ether oxygens (including phenoxy) is 3. The molecule has 0 amide bonds. The van der Waals surface area contributed by atoms with Crippen LogP contribution in [-0.2, 0) is 11.3 Å². The first-order chi connectivity index (χ1) is 8.70. The van der Waals surface area contributed by atoms with Gasteiger partial charge >= 0.3 is 0 Å². The number of phenols is 1. The lowest BCUT2D eigenvalue weighted by Gasteiger charge is -2.12. The highest BCUT2D eigenvalue weighted by Crippen LogP contribution is 2.37. The predicted molar refractivity (Wildman–Crippen MR) is 67.0 cm³/mol. The molecule has 5 heteroatoms. The Morgan fingerprint density at radius 1 is 1.39 bits per heavy atom. The zero-order valence-electron chi connectivity index (χ0n) is 10.7. The third kappa shape index (κ3) is 3.05. The van der Waals surface area contributed by atoms with Gasteiger partial charge in [-0.25, -0.2) is 0 Å². The van der Waals surface area contributed by atoms with E-state index in [0.717, 1.165) is 18.7 Å². The molecule has 0 fully saturated rings. The highest BCUT2D eigenvalue weighted by molar-refractivity contribution is 5.51. The molecule has 1 aliphatic rings. The quantitative estimate of drug-likeness (QED) is 0.804. The van der Waals surface area contributed by atoms with E-state index in [9.17, 15) is 5.11 Å². The Hall–Kier alpha value is -1.46. The molecule has 5 nitrogen and oxygen atoms in total. The van der Waals surface area contributed by atoms with E-state index in [1.165, 1.54) is 0 Å². The number of fused-ring (bicyclic) bond motifs is 1. The van der Waals surface area contributed by atoms with E-state index in [1.807, 2.05) is 6.07 Å². The van der Waals surface area contributed by atoms with E-state index in [4.69, 9.17) is 14.2 Å². The van der Waals surface area contributed by atoms with Crippen molar-refractivity contribution in [3.8, 4) is 17.2 Å². The second-order valence-corrected chi connectivity index (χ2v) is 4.53. The van der Waals surface area contributed by atoms with E-state index in [2.05, 4.69) is 12.2 Å². The number of nitrogens with one attached hydrogen (secondary N) is 1. The Morgan fingerprint density at radius 2 is 2.11 bits per heavy atom. The zero-order valence-corrected chi connectivity index (χ0v) is 10.7. The van der Waals surface area contributed by atoms with Crippen LogP contribution in [0.4, 0.5) is 0 Å². The van der Waals surface area contributed by atoms with Gasteiger partial charge in [0.05, 0.1) is 0 Å². The first-order valence-electron chi connectivity index (χ1n) is 6.02. The first-order valence-corrected chi connectivity index (χ1v) is 6.02. The summed E-state index contributed by atoms with van der Waals surface area (Å²) in [5.74, 6) is 1.95. The van der Waals surface area contributed by atoms with Gasteiger partial charge in [0.2, 0.25) is 6.79 Å². The van der Waals surface area contributed by atoms with Crippen LogP contribution in [0.1, 0.15) is 12.5 Å². The molecule has 1 atom stereocenters. The fourth-order valence-electron chi connectivity index (χ4n) is 1.91. The molecule has 0 aromatic heterocycles. The molecule has 1 unspecified atom stereocenters. The molecule has 1 heterocycles. The lowest BCUT2D eigenvalue weighted by atomic mass is 10.1. The van der Waals surface area contributed by atoms with Crippen molar-refractivity contribution in [3.63, 3.8) is 0 Å².